The molecule has 0 saturated carbocycles. The highest BCUT2D eigenvalue weighted by atomic mass is 31.2. The van der Waals surface area contributed by atoms with Crippen molar-refractivity contribution in [1.29, 1.82) is 0 Å². The molecule has 3 unspecified atom stereocenters. The average Bonchev–Trinajstić information content (AvgIpc) is 3.29. The van der Waals surface area contributed by atoms with Crippen molar-refractivity contribution in [3.63, 3.8) is 0 Å². The van der Waals surface area contributed by atoms with Crippen LogP contribution in [0.5, 0.6) is 0 Å². The molecule has 0 aromatic heterocycles. The highest BCUT2D eigenvalue weighted by Gasteiger charge is 2.27. The Morgan fingerprint density at radius 1 is 0.544 bits per heavy atom. The van der Waals surface area contributed by atoms with Gasteiger partial charge in [0, 0.05) is 12.8 Å². The van der Waals surface area contributed by atoms with Crippen LogP contribution < -0.4 is 10.2 Å². The maximum absolute atomic E-state index is 13.4. The highest BCUT2D eigenvalue weighted by molar-refractivity contribution is 7.45. The van der Waals surface area contributed by atoms with Crippen molar-refractivity contribution in [1.82, 2.24) is 5.32 Å². The number of phosphoric ester groups is 1. The number of unbranched alkanes of at least 4 members (excludes halogenated alkanes) is 21. The van der Waals surface area contributed by atoms with Gasteiger partial charge in [0.25, 0.3) is 7.82 Å². The fourth-order valence-corrected chi connectivity index (χ4v) is 8.05. The largest absolute Gasteiger partial charge is 0.756 e. The van der Waals surface area contributed by atoms with Gasteiger partial charge in [-0.2, -0.15) is 0 Å². The molecule has 3 atom stereocenters. The molecule has 0 fully saturated rings. The number of nitrogens with zero attached hydrogens (tertiary/aromatic N) is 1. The van der Waals surface area contributed by atoms with Crippen molar-refractivity contribution >= 4 is 19.7 Å². The van der Waals surface area contributed by atoms with E-state index in [4.69, 9.17) is 13.8 Å². The molecule has 0 aliphatic carbocycles. The third-order valence-corrected chi connectivity index (χ3v) is 12.6. The van der Waals surface area contributed by atoms with Gasteiger partial charge >= 0.3 is 5.97 Å². The number of nitrogens with one attached hydrogen (secondary N) is 1. The normalized spacial score (nSPS) is 14.5. The lowest BCUT2D eigenvalue weighted by molar-refractivity contribution is -0.870. The Bertz CT molecular complexity index is 1440. The van der Waals surface area contributed by atoms with E-state index in [2.05, 4.69) is 99.0 Å². The fourth-order valence-electron chi connectivity index (χ4n) is 7.32. The number of likely N-dealkylation sites (N-methyl/N-ethyl adjacent to an activating group) is 1. The number of carbonyl (C=O) groups is 2. The number of amides is 1. The molecule has 0 aromatic carbocycles. The predicted octanol–water partition coefficient (Wildman–Crippen LogP) is 15.6. The van der Waals surface area contributed by atoms with Gasteiger partial charge in [0.15, 0.2) is 0 Å². The lowest BCUT2D eigenvalue weighted by Crippen LogP contribution is -2.47. The second kappa shape index (κ2) is 47.8. The summed E-state index contributed by atoms with van der Waals surface area (Å²) in [6.07, 6.45) is 61.2. The summed E-state index contributed by atoms with van der Waals surface area (Å²) in [5, 5.41) is 2.99. The number of allylic oxidation sites excluding steroid dienone is 13. The summed E-state index contributed by atoms with van der Waals surface area (Å²) in [6, 6.07) is -0.912. The molecule has 9 nitrogen and oxygen atoms in total. The van der Waals surface area contributed by atoms with E-state index in [9.17, 15) is 19.0 Å². The van der Waals surface area contributed by atoms with E-state index < -0.39 is 26.6 Å². The van der Waals surface area contributed by atoms with Crippen molar-refractivity contribution in [2.45, 2.75) is 232 Å². The van der Waals surface area contributed by atoms with Crippen molar-refractivity contribution < 1.29 is 37.3 Å². The molecule has 0 heterocycles. The summed E-state index contributed by atoms with van der Waals surface area (Å²) in [7, 11) is 1.14. The molecule has 392 valence electrons. The first-order chi connectivity index (χ1) is 32.9. The molecule has 0 radical (unpaired) electrons. The van der Waals surface area contributed by atoms with E-state index in [0.29, 0.717) is 23.9 Å². The number of quaternary nitrogens is 1. The Hall–Kier alpha value is -2.81. The number of esters is 1. The van der Waals surface area contributed by atoms with E-state index >= 15 is 0 Å². The summed E-state index contributed by atoms with van der Waals surface area (Å²) in [5.74, 6) is -0.598. The Labute approximate surface area is 418 Å². The SMILES string of the molecule is CC/C=C/C/C=C/C/C=C/C/C=C/CCCCCC(=O)NC(COP(=O)([O-])OCC[N+](C)(C)C)C(/C=C/CCCCCCCCCCC)OC(=O)CCCCCCCC/C=C/C=C/CCCCC. The van der Waals surface area contributed by atoms with Crippen molar-refractivity contribution in [2.75, 3.05) is 40.9 Å². The van der Waals surface area contributed by atoms with Crippen LogP contribution in [-0.2, 0) is 27.9 Å². The molecule has 10 heteroatoms. The van der Waals surface area contributed by atoms with E-state index in [1.54, 1.807) is 0 Å². The summed E-state index contributed by atoms with van der Waals surface area (Å²) in [4.78, 5) is 39.7. The first-order valence-corrected chi connectivity index (χ1v) is 28.9. The van der Waals surface area contributed by atoms with E-state index in [1.807, 2.05) is 33.3 Å². The van der Waals surface area contributed by atoms with Crippen LogP contribution >= 0.6 is 7.82 Å². The van der Waals surface area contributed by atoms with Gasteiger partial charge in [0.1, 0.15) is 19.3 Å². The summed E-state index contributed by atoms with van der Waals surface area (Å²) in [6.45, 7) is 6.63. The fraction of sp³-hybridized carbons (Fsp3) is 0.724. The molecule has 0 bridgehead atoms. The third-order valence-electron chi connectivity index (χ3n) is 11.6. The van der Waals surface area contributed by atoms with Gasteiger partial charge in [0.2, 0.25) is 5.91 Å². The summed E-state index contributed by atoms with van der Waals surface area (Å²) < 4.78 is 30.1. The lowest BCUT2D eigenvalue weighted by atomic mass is 10.1. The monoisotopic (exact) mass is 971 g/mol. The van der Waals surface area contributed by atoms with Crippen LogP contribution in [0.4, 0.5) is 0 Å². The molecule has 0 aliphatic heterocycles. The van der Waals surface area contributed by atoms with Crippen molar-refractivity contribution in [3.05, 3.63) is 85.1 Å². The van der Waals surface area contributed by atoms with Gasteiger partial charge in [-0.05, 0) is 96.0 Å². The first-order valence-electron chi connectivity index (χ1n) is 27.4. The van der Waals surface area contributed by atoms with E-state index in [1.165, 1.54) is 64.2 Å². The van der Waals surface area contributed by atoms with Gasteiger partial charge in [-0.25, -0.2) is 0 Å². The highest BCUT2D eigenvalue weighted by Crippen LogP contribution is 2.38. The molecule has 1 amide bonds. The van der Waals surface area contributed by atoms with Gasteiger partial charge in [-0.3, -0.25) is 14.2 Å². The molecular formula is C58H103N2O7P. The van der Waals surface area contributed by atoms with Crippen LogP contribution in [0.2, 0.25) is 0 Å². The predicted molar refractivity (Wildman–Crippen MR) is 288 cm³/mol. The summed E-state index contributed by atoms with van der Waals surface area (Å²) >= 11 is 0. The van der Waals surface area contributed by atoms with Crippen LogP contribution in [0.3, 0.4) is 0 Å². The summed E-state index contributed by atoms with van der Waals surface area (Å²) in [5.41, 5.74) is 0. The quantitative estimate of drug-likeness (QED) is 0.0161. The molecular weight excluding hydrogens is 868 g/mol. The molecule has 0 saturated heterocycles. The number of carbonyl (C=O) groups excluding carboxylic acids is 2. The molecule has 68 heavy (non-hydrogen) atoms. The van der Waals surface area contributed by atoms with Gasteiger partial charge in [-0.1, -0.05) is 196 Å². The zero-order chi connectivity index (χ0) is 50.1. The van der Waals surface area contributed by atoms with Crippen molar-refractivity contribution in [2.24, 2.45) is 0 Å². The van der Waals surface area contributed by atoms with E-state index in [-0.39, 0.29) is 31.3 Å². The molecule has 0 aromatic rings. The van der Waals surface area contributed by atoms with Crippen LogP contribution in [0.25, 0.3) is 0 Å². The number of ether oxygens (including phenoxy) is 1. The minimum atomic E-state index is -4.71. The Morgan fingerprint density at radius 3 is 1.54 bits per heavy atom. The number of phosphoric acid groups is 1. The van der Waals surface area contributed by atoms with Crippen LogP contribution in [0.1, 0.15) is 220 Å². The minimum Gasteiger partial charge on any atom is -0.756 e. The maximum atomic E-state index is 13.4. The molecule has 1 N–H and O–H groups in total. The van der Waals surface area contributed by atoms with Crippen LogP contribution in [0, 0.1) is 0 Å². The Kier molecular flexibility index (Phi) is 45.9. The van der Waals surface area contributed by atoms with Crippen LogP contribution in [0.15, 0.2) is 85.1 Å². The molecule has 0 spiro atoms. The number of hydrogen-bond donors (Lipinski definition) is 1. The average molecular weight is 971 g/mol. The second-order valence-corrected chi connectivity index (χ2v) is 20.8. The molecule has 0 rings (SSSR count). The van der Waals surface area contributed by atoms with Gasteiger partial charge in [0.05, 0.1) is 33.8 Å². The first kappa shape index (κ1) is 65.2. The Balaban J connectivity index is 5.45. The topological polar surface area (TPSA) is 114 Å². The number of rotatable bonds is 48. The maximum Gasteiger partial charge on any atom is 0.306 e. The van der Waals surface area contributed by atoms with E-state index in [0.717, 1.165) is 109 Å². The zero-order valence-corrected chi connectivity index (χ0v) is 45.4. The zero-order valence-electron chi connectivity index (χ0n) is 44.5. The third kappa shape index (κ3) is 48.2. The second-order valence-electron chi connectivity index (χ2n) is 19.4. The molecule has 0 aliphatic rings. The van der Waals surface area contributed by atoms with Crippen molar-refractivity contribution in [3.8, 4) is 0 Å². The standard InChI is InChI=1S/C58H103N2O7P/c1-7-10-13-16-19-22-25-27-29-31-32-35-38-41-44-47-50-57(61)59-55(54-66-68(63,64)65-53-52-60(4,5)6)56(49-46-43-40-37-34-24-21-18-15-12-9-3)67-58(62)51-48-45-42-39-36-33-30-28-26-23-20-17-14-11-8-2/h10,13,19-20,22-23,26-29,32,35,46,49,55-56H,7-9,11-12,14-18,21,24-25,30-31,33-34,36-45,47-48,50-54H2,1-6H3,(H-,59,61,63,64)/b13-10+,22-19+,23-20+,28-26+,29-27+,35-32+,49-46+. The Morgan fingerprint density at radius 2 is 0.985 bits per heavy atom. The van der Waals surface area contributed by atoms with Crippen LogP contribution in [-0.4, -0.2) is 69.4 Å². The smallest absolute Gasteiger partial charge is 0.306 e. The number of hydrogen-bond acceptors (Lipinski definition) is 7. The minimum absolute atomic E-state index is 0.0345. The lowest BCUT2D eigenvalue weighted by Gasteiger charge is -2.30. The van der Waals surface area contributed by atoms with Gasteiger partial charge in [-0.15, -0.1) is 0 Å². The van der Waals surface area contributed by atoms with Gasteiger partial charge < -0.3 is 28.5 Å².